The van der Waals surface area contributed by atoms with Crippen LogP contribution >= 0.6 is 11.6 Å². The second kappa shape index (κ2) is 13.1. The first-order chi connectivity index (χ1) is 14.0. The van der Waals surface area contributed by atoms with Gasteiger partial charge in [0.2, 0.25) is 0 Å². The Balaban J connectivity index is 1.59. The van der Waals surface area contributed by atoms with E-state index in [-0.39, 0.29) is 6.61 Å². The third-order valence-corrected chi connectivity index (χ3v) is 5.16. The van der Waals surface area contributed by atoms with Crippen LogP contribution in [0.1, 0.15) is 57.6 Å². The van der Waals surface area contributed by atoms with Crippen LogP contribution in [0.25, 0.3) is 0 Å². The Morgan fingerprint density at radius 2 is 1.66 bits per heavy atom. The summed E-state index contributed by atoms with van der Waals surface area (Å²) in [6.07, 6.45) is 5.66. The van der Waals surface area contributed by atoms with Gasteiger partial charge < -0.3 is 14.9 Å². The monoisotopic (exact) mass is 434 g/mol. The highest BCUT2D eigenvalue weighted by atomic mass is 35.5. The Hall–Kier alpha value is -1.23. The molecule has 1 aliphatic rings. The van der Waals surface area contributed by atoms with Crippen molar-refractivity contribution >= 4 is 11.6 Å². The molecule has 10 heteroatoms. The van der Waals surface area contributed by atoms with Crippen LogP contribution in [0.2, 0.25) is 0 Å². The summed E-state index contributed by atoms with van der Waals surface area (Å²) in [4.78, 5) is 35.3. The van der Waals surface area contributed by atoms with E-state index in [1.165, 1.54) is 31.9 Å². The molecule has 0 aliphatic carbocycles. The summed E-state index contributed by atoms with van der Waals surface area (Å²) in [5, 5.41) is 20.2. The van der Waals surface area contributed by atoms with Gasteiger partial charge in [0.15, 0.2) is 6.23 Å². The molecule has 0 radical (unpaired) electrons. The number of unbranched alkanes of at least 4 members (excludes halogenated alkanes) is 7. The highest BCUT2D eigenvalue weighted by molar-refractivity contribution is 6.17. The van der Waals surface area contributed by atoms with Crippen molar-refractivity contribution in [3.63, 3.8) is 0 Å². The summed E-state index contributed by atoms with van der Waals surface area (Å²) in [7, 11) is 0. The summed E-state index contributed by atoms with van der Waals surface area (Å²) in [5.41, 5.74) is -1.29. The third kappa shape index (κ3) is 7.84. The predicted molar refractivity (Wildman–Crippen MR) is 107 cm³/mol. The van der Waals surface area contributed by atoms with Crippen molar-refractivity contribution in [2.24, 2.45) is 0 Å². The van der Waals surface area contributed by atoms with E-state index in [0.29, 0.717) is 6.61 Å². The Labute approximate surface area is 174 Å². The molecule has 1 fully saturated rings. The highest BCUT2D eigenvalue weighted by Crippen LogP contribution is 2.28. The quantitative estimate of drug-likeness (QED) is 0.175. The van der Waals surface area contributed by atoms with Crippen LogP contribution in [0.3, 0.4) is 0 Å². The maximum atomic E-state index is 11.8. The number of aliphatic hydroxyl groups is 2. The molecule has 0 spiro atoms. The number of H-pyrrole nitrogens is 1. The lowest BCUT2D eigenvalue weighted by atomic mass is 10.1. The van der Waals surface area contributed by atoms with Gasteiger partial charge in [-0.05, 0) is 12.8 Å². The topological polar surface area (TPSA) is 123 Å². The molecule has 1 aromatic rings. The number of alkyl halides is 1. The summed E-state index contributed by atoms with van der Waals surface area (Å²) in [6, 6.07) is 1.14. The lowest BCUT2D eigenvalue weighted by molar-refractivity contribution is -0.310. The molecule has 9 nitrogen and oxygen atoms in total. The van der Waals surface area contributed by atoms with Crippen molar-refractivity contribution in [1.29, 1.82) is 0 Å². The first-order valence-corrected chi connectivity index (χ1v) is 10.7. The number of halogens is 1. The summed E-state index contributed by atoms with van der Waals surface area (Å²) in [5.74, 6) is 0.742. The fourth-order valence-corrected chi connectivity index (χ4v) is 3.40. The van der Waals surface area contributed by atoms with Crippen molar-refractivity contribution in [2.75, 3.05) is 19.1 Å². The van der Waals surface area contributed by atoms with Crippen molar-refractivity contribution in [2.45, 2.75) is 75.9 Å². The maximum absolute atomic E-state index is 11.8. The highest BCUT2D eigenvalue weighted by Gasteiger charge is 2.44. The Kier molecular flexibility index (Phi) is 10.9. The molecular weight excluding hydrogens is 404 g/mol. The van der Waals surface area contributed by atoms with Gasteiger partial charge in [-0.1, -0.05) is 38.5 Å². The molecule has 1 saturated heterocycles. The molecule has 1 aromatic heterocycles. The second-order valence-electron chi connectivity index (χ2n) is 7.19. The normalized spacial score (nSPS) is 24.2. The summed E-state index contributed by atoms with van der Waals surface area (Å²) < 4.78 is 6.54. The van der Waals surface area contributed by atoms with E-state index in [9.17, 15) is 19.8 Å². The van der Waals surface area contributed by atoms with Crippen molar-refractivity contribution in [3.8, 4) is 0 Å². The third-order valence-electron chi connectivity index (χ3n) is 4.89. The van der Waals surface area contributed by atoms with Crippen LogP contribution in [-0.4, -0.2) is 57.2 Å². The zero-order valence-electron chi connectivity index (χ0n) is 16.5. The minimum Gasteiger partial charge on any atom is -0.387 e. The van der Waals surface area contributed by atoms with Crippen molar-refractivity contribution in [1.82, 2.24) is 9.55 Å². The Bertz CT molecular complexity index is 696. The fourth-order valence-electron chi connectivity index (χ4n) is 3.21. The van der Waals surface area contributed by atoms with Gasteiger partial charge in [0, 0.05) is 18.1 Å². The Morgan fingerprint density at radius 3 is 2.31 bits per heavy atom. The van der Waals surface area contributed by atoms with Crippen molar-refractivity contribution < 1.29 is 24.7 Å². The lowest BCUT2D eigenvalue weighted by Gasteiger charge is -2.16. The zero-order chi connectivity index (χ0) is 21.1. The molecule has 0 amide bonds. The van der Waals surface area contributed by atoms with E-state index < -0.39 is 35.8 Å². The molecule has 4 atom stereocenters. The van der Waals surface area contributed by atoms with Crippen LogP contribution in [-0.2, 0) is 14.5 Å². The lowest BCUT2D eigenvalue weighted by Crippen LogP contribution is -2.37. The van der Waals surface area contributed by atoms with Gasteiger partial charge in [0.05, 0.1) is 6.61 Å². The van der Waals surface area contributed by atoms with Gasteiger partial charge in [0.25, 0.3) is 5.56 Å². The standard InChI is InChI=1S/C19H31ClN2O7/c20-10-7-5-3-1-2-4-6-8-12-27-28-13-14-16(24)17(25)18(29-14)22-11-9-15(23)21-19(22)26/h9,11,14,16-18,24-25H,1-8,10,12-13H2,(H,21,23,26)/t14-,16-,17-,18-/m1/s1. The number of rotatable bonds is 14. The molecule has 2 heterocycles. The molecule has 29 heavy (non-hydrogen) atoms. The van der Waals surface area contributed by atoms with Crippen molar-refractivity contribution in [3.05, 3.63) is 33.1 Å². The predicted octanol–water partition coefficient (Wildman–Crippen LogP) is 1.46. The Morgan fingerprint density at radius 1 is 1.00 bits per heavy atom. The number of hydrogen-bond acceptors (Lipinski definition) is 7. The summed E-state index contributed by atoms with van der Waals surface area (Å²) in [6.45, 7) is 0.341. The van der Waals surface area contributed by atoms with Gasteiger partial charge in [-0.2, -0.15) is 0 Å². The van der Waals surface area contributed by atoms with E-state index in [2.05, 4.69) is 4.98 Å². The number of nitrogens with zero attached hydrogens (tertiary/aromatic N) is 1. The average Bonchev–Trinajstić information content (AvgIpc) is 2.97. The molecular formula is C19H31ClN2O7. The molecule has 1 aliphatic heterocycles. The van der Waals surface area contributed by atoms with E-state index in [1.54, 1.807) is 0 Å². The molecule has 166 valence electrons. The second-order valence-corrected chi connectivity index (χ2v) is 7.57. The summed E-state index contributed by atoms with van der Waals surface area (Å²) >= 11 is 5.64. The largest absolute Gasteiger partial charge is 0.387 e. The van der Waals surface area contributed by atoms with Gasteiger partial charge >= 0.3 is 5.69 Å². The van der Waals surface area contributed by atoms with Crippen LogP contribution in [0.5, 0.6) is 0 Å². The number of aromatic amines is 1. The maximum Gasteiger partial charge on any atom is 0.330 e. The number of nitrogens with one attached hydrogen (secondary N) is 1. The molecule has 0 aromatic carbocycles. The number of aliphatic hydroxyl groups excluding tert-OH is 2. The SMILES string of the molecule is O=c1ccn([C@@H]2O[C@H](COOCCCCCCCCCCCl)[C@@H](O)[C@H]2O)c(=O)[nH]1. The first-order valence-electron chi connectivity index (χ1n) is 10.2. The minimum atomic E-state index is -1.34. The van der Waals surface area contributed by atoms with Crippen LogP contribution in [0.4, 0.5) is 0 Å². The van der Waals surface area contributed by atoms with Gasteiger partial charge in [0.1, 0.15) is 24.9 Å². The van der Waals surface area contributed by atoms with Gasteiger partial charge in [-0.25, -0.2) is 14.6 Å². The minimum absolute atomic E-state index is 0.0899. The molecule has 3 N–H and O–H groups in total. The molecule has 0 bridgehead atoms. The van der Waals surface area contributed by atoms with E-state index in [1.807, 2.05) is 0 Å². The van der Waals surface area contributed by atoms with E-state index >= 15 is 0 Å². The van der Waals surface area contributed by atoms with Gasteiger partial charge in [-0.3, -0.25) is 14.3 Å². The van der Waals surface area contributed by atoms with Crippen LogP contribution in [0, 0.1) is 0 Å². The van der Waals surface area contributed by atoms with E-state index in [0.717, 1.165) is 42.2 Å². The number of hydrogen-bond donors (Lipinski definition) is 3. The zero-order valence-corrected chi connectivity index (χ0v) is 17.3. The van der Waals surface area contributed by atoms with Crippen LogP contribution in [0.15, 0.2) is 21.9 Å². The average molecular weight is 435 g/mol. The van der Waals surface area contributed by atoms with E-state index in [4.69, 9.17) is 26.1 Å². The van der Waals surface area contributed by atoms with Crippen LogP contribution < -0.4 is 11.2 Å². The molecule has 2 rings (SSSR count). The number of aromatic nitrogens is 2. The smallest absolute Gasteiger partial charge is 0.330 e. The molecule has 0 saturated carbocycles. The number of ether oxygens (including phenoxy) is 1. The molecule has 0 unspecified atom stereocenters. The fraction of sp³-hybridized carbons (Fsp3) is 0.789. The first kappa shape index (κ1) is 24.0. The van der Waals surface area contributed by atoms with Gasteiger partial charge in [-0.15, -0.1) is 11.6 Å².